The van der Waals surface area contributed by atoms with E-state index >= 15 is 0 Å². The standard InChI is InChI=1S/C19H23FN4O5S2/c20-15-1-5-18(6-2-15)31(28,29)24-13-11-23(12-14-24)10-9-19(25)22-16-3-7-17(8-4-16)30(21,26)27/h1-8H,9-14H2,(H,22,25)(H2,21,26,27). The zero-order chi connectivity index (χ0) is 22.6. The Labute approximate surface area is 180 Å². The molecule has 12 heteroatoms. The van der Waals surface area contributed by atoms with E-state index in [1.54, 1.807) is 0 Å². The van der Waals surface area contributed by atoms with Crippen LogP contribution < -0.4 is 10.5 Å². The molecule has 2 aromatic carbocycles. The SMILES string of the molecule is NS(=O)(=O)c1ccc(NC(=O)CCN2CCN(S(=O)(=O)c3ccc(F)cc3)CC2)cc1. The highest BCUT2D eigenvalue weighted by molar-refractivity contribution is 7.89. The van der Waals surface area contributed by atoms with Crippen LogP contribution in [0.1, 0.15) is 6.42 Å². The summed E-state index contributed by atoms with van der Waals surface area (Å²) in [4.78, 5) is 14.2. The molecular formula is C19H23FN4O5S2. The lowest BCUT2D eigenvalue weighted by Crippen LogP contribution is -2.49. The minimum absolute atomic E-state index is 0.0426. The van der Waals surface area contributed by atoms with Crippen LogP contribution in [-0.2, 0) is 24.8 Å². The maximum atomic E-state index is 13.0. The maximum absolute atomic E-state index is 13.0. The third-order valence-electron chi connectivity index (χ3n) is 4.90. The second-order valence-electron chi connectivity index (χ2n) is 7.07. The van der Waals surface area contributed by atoms with Crippen LogP contribution in [0.3, 0.4) is 0 Å². The average Bonchev–Trinajstić information content (AvgIpc) is 2.73. The molecule has 3 rings (SSSR count). The Bertz CT molecular complexity index is 1130. The summed E-state index contributed by atoms with van der Waals surface area (Å²) in [5.74, 6) is -0.743. The molecule has 31 heavy (non-hydrogen) atoms. The van der Waals surface area contributed by atoms with Gasteiger partial charge < -0.3 is 10.2 Å². The van der Waals surface area contributed by atoms with Gasteiger partial charge in [-0.1, -0.05) is 0 Å². The first-order valence-corrected chi connectivity index (χ1v) is 12.5. The van der Waals surface area contributed by atoms with E-state index in [0.717, 1.165) is 12.1 Å². The predicted molar refractivity (Wildman–Crippen MR) is 113 cm³/mol. The number of carbonyl (C=O) groups excluding carboxylic acids is 1. The molecule has 0 radical (unpaired) electrons. The molecule has 0 aromatic heterocycles. The van der Waals surface area contributed by atoms with Gasteiger partial charge >= 0.3 is 0 Å². The zero-order valence-corrected chi connectivity index (χ0v) is 18.2. The lowest BCUT2D eigenvalue weighted by atomic mass is 10.3. The Morgan fingerprint density at radius 3 is 2.00 bits per heavy atom. The number of sulfonamides is 2. The molecule has 0 bridgehead atoms. The van der Waals surface area contributed by atoms with Crippen molar-refractivity contribution in [3.63, 3.8) is 0 Å². The Morgan fingerprint density at radius 1 is 0.903 bits per heavy atom. The van der Waals surface area contributed by atoms with Crippen molar-refractivity contribution in [3.8, 4) is 0 Å². The monoisotopic (exact) mass is 470 g/mol. The lowest BCUT2D eigenvalue weighted by Gasteiger charge is -2.33. The molecular weight excluding hydrogens is 447 g/mol. The highest BCUT2D eigenvalue weighted by Gasteiger charge is 2.28. The number of carbonyl (C=O) groups is 1. The highest BCUT2D eigenvalue weighted by Crippen LogP contribution is 2.18. The fourth-order valence-corrected chi connectivity index (χ4v) is 5.10. The Balaban J connectivity index is 1.46. The van der Waals surface area contributed by atoms with Crippen molar-refractivity contribution in [2.75, 3.05) is 38.0 Å². The average molecular weight is 471 g/mol. The van der Waals surface area contributed by atoms with E-state index in [9.17, 15) is 26.0 Å². The topological polar surface area (TPSA) is 130 Å². The molecule has 1 fully saturated rings. The minimum Gasteiger partial charge on any atom is -0.326 e. The fraction of sp³-hybridized carbons (Fsp3) is 0.316. The van der Waals surface area contributed by atoms with Gasteiger partial charge in [-0.25, -0.2) is 26.4 Å². The second kappa shape index (κ2) is 9.40. The number of benzene rings is 2. The molecule has 1 saturated heterocycles. The number of amides is 1. The summed E-state index contributed by atoms with van der Waals surface area (Å²) >= 11 is 0. The summed E-state index contributed by atoms with van der Waals surface area (Å²) < 4.78 is 62.2. The third-order valence-corrected chi connectivity index (χ3v) is 7.75. The van der Waals surface area contributed by atoms with E-state index in [1.165, 1.54) is 40.7 Å². The highest BCUT2D eigenvalue weighted by atomic mass is 32.2. The van der Waals surface area contributed by atoms with Gasteiger partial charge in [-0.3, -0.25) is 4.79 Å². The molecule has 0 atom stereocenters. The van der Waals surface area contributed by atoms with Gasteiger partial charge in [0.25, 0.3) is 0 Å². The van der Waals surface area contributed by atoms with Crippen LogP contribution in [0.5, 0.6) is 0 Å². The van der Waals surface area contributed by atoms with E-state index in [0.29, 0.717) is 25.3 Å². The molecule has 2 aromatic rings. The van der Waals surface area contributed by atoms with Gasteiger partial charge in [-0.15, -0.1) is 0 Å². The van der Waals surface area contributed by atoms with Crippen LogP contribution in [0.25, 0.3) is 0 Å². The molecule has 1 aliphatic rings. The number of piperazine rings is 1. The Morgan fingerprint density at radius 2 is 1.45 bits per heavy atom. The summed E-state index contributed by atoms with van der Waals surface area (Å²) in [6.07, 6.45) is 0.196. The predicted octanol–water partition coefficient (Wildman–Crippen LogP) is 0.808. The molecule has 1 heterocycles. The summed E-state index contributed by atoms with van der Waals surface area (Å²) in [7, 11) is -7.47. The molecule has 0 unspecified atom stereocenters. The zero-order valence-electron chi connectivity index (χ0n) is 16.6. The van der Waals surface area contributed by atoms with Crippen molar-refractivity contribution in [1.29, 1.82) is 0 Å². The number of nitrogens with zero attached hydrogens (tertiary/aromatic N) is 2. The number of hydrogen-bond acceptors (Lipinski definition) is 6. The van der Waals surface area contributed by atoms with Gasteiger partial charge in [0.05, 0.1) is 9.79 Å². The number of nitrogens with two attached hydrogens (primary N) is 1. The molecule has 9 nitrogen and oxygen atoms in total. The van der Waals surface area contributed by atoms with Crippen molar-refractivity contribution in [3.05, 3.63) is 54.3 Å². The Hall–Kier alpha value is -2.38. The number of rotatable bonds is 7. The van der Waals surface area contributed by atoms with E-state index in [-0.39, 0.29) is 35.2 Å². The smallest absolute Gasteiger partial charge is 0.243 e. The van der Waals surface area contributed by atoms with E-state index in [1.807, 2.05) is 4.90 Å². The van der Waals surface area contributed by atoms with E-state index in [2.05, 4.69) is 5.32 Å². The quantitative estimate of drug-likeness (QED) is 0.616. The first kappa shape index (κ1) is 23.3. The molecule has 1 aliphatic heterocycles. The van der Waals surface area contributed by atoms with Crippen LogP contribution >= 0.6 is 0 Å². The fourth-order valence-electron chi connectivity index (χ4n) is 3.16. The van der Waals surface area contributed by atoms with Crippen LogP contribution in [0.2, 0.25) is 0 Å². The van der Waals surface area contributed by atoms with Gasteiger partial charge in [-0.2, -0.15) is 4.31 Å². The van der Waals surface area contributed by atoms with Crippen LogP contribution in [0.15, 0.2) is 58.3 Å². The summed E-state index contributed by atoms with van der Waals surface area (Å²) in [6.45, 7) is 1.94. The van der Waals surface area contributed by atoms with Gasteiger partial charge in [0.15, 0.2) is 0 Å². The van der Waals surface area contributed by atoms with Gasteiger partial charge in [-0.05, 0) is 48.5 Å². The van der Waals surface area contributed by atoms with Crippen molar-refractivity contribution in [1.82, 2.24) is 9.21 Å². The van der Waals surface area contributed by atoms with Crippen LogP contribution in [0.4, 0.5) is 10.1 Å². The van der Waals surface area contributed by atoms with E-state index in [4.69, 9.17) is 5.14 Å². The molecule has 168 valence electrons. The molecule has 0 spiro atoms. The number of halogens is 1. The Kier molecular flexibility index (Phi) is 7.06. The van der Waals surface area contributed by atoms with Crippen molar-refractivity contribution in [2.24, 2.45) is 5.14 Å². The second-order valence-corrected chi connectivity index (χ2v) is 10.6. The number of nitrogens with one attached hydrogen (secondary N) is 1. The van der Waals surface area contributed by atoms with Gasteiger partial charge in [0.1, 0.15) is 5.82 Å². The molecule has 0 saturated carbocycles. The number of primary sulfonamides is 1. The molecule has 0 aliphatic carbocycles. The van der Waals surface area contributed by atoms with Crippen molar-refractivity contribution < 1.29 is 26.0 Å². The first-order valence-electron chi connectivity index (χ1n) is 9.46. The number of hydrogen-bond donors (Lipinski definition) is 2. The van der Waals surface area contributed by atoms with Gasteiger partial charge in [0.2, 0.25) is 26.0 Å². The van der Waals surface area contributed by atoms with Gasteiger partial charge in [0, 0.05) is 44.8 Å². The maximum Gasteiger partial charge on any atom is 0.243 e. The van der Waals surface area contributed by atoms with Crippen molar-refractivity contribution >= 4 is 31.6 Å². The first-order chi connectivity index (χ1) is 14.6. The summed E-state index contributed by atoms with van der Waals surface area (Å²) in [5.41, 5.74) is 0.451. The van der Waals surface area contributed by atoms with E-state index < -0.39 is 25.9 Å². The lowest BCUT2D eigenvalue weighted by molar-refractivity contribution is -0.116. The largest absolute Gasteiger partial charge is 0.326 e. The summed E-state index contributed by atoms with van der Waals surface area (Å²) in [6, 6.07) is 10.3. The molecule has 3 N–H and O–H groups in total. The number of anilines is 1. The summed E-state index contributed by atoms with van der Waals surface area (Å²) in [5, 5.41) is 7.72. The minimum atomic E-state index is -3.79. The molecule has 1 amide bonds. The van der Waals surface area contributed by atoms with Crippen LogP contribution in [0, 0.1) is 5.82 Å². The van der Waals surface area contributed by atoms with Crippen LogP contribution in [-0.4, -0.2) is 64.7 Å². The normalized spacial score (nSPS) is 16.2. The van der Waals surface area contributed by atoms with Crippen molar-refractivity contribution in [2.45, 2.75) is 16.2 Å². The third kappa shape index (κ3) is 6.08.